The lowest BCUT2D eigenvalue weighted by atomic mass is 10.0. The van der Waals surface area contributed by atoms with Crippen LogP contribution in [0, 0.1) is 0 Å². The van der Waals surface area contributed by atoms with Crippen molar-refractivity contribution < 1.29 is 4.57 Å². The molecule has 150 valence electrons. The molecular weight excluding hydrogens is 316 g/mol. The van der Waals surface area contributed by atoms with Crippen molar-refractivity contribution in [3.63, 3.8) is 0 Å². The number of hydrogen-bond donors (Lipinski definition) is 1. The van der Waals surface area contributed by atoms with Crippen LogP contribution in [0.1, 0.15) is 122 Å². The minimum Gasteiger partial charge on any atom is -0.250 e. The molecule has 0 spiro atoms. The molecule has 2 nitrogen and oxygen atoms in total. The van der Waals surface area contributed by atoms with Crippen molar-refractivity contribution in [1.29, 1.82) is 0 Å². The molecule has 0 bridgehead atoms. The molecule has 1 rings (SSSR count). The summed E-state index contributed by atoms with van der Waals surface area (Å²) in [5.74, 6) is 0. The average Bonchev–Trinajstić information content (AvgIpc) is 3.18. The van der Waals surface area contributed by atoms with E-state index in [0.29, 0.717) is 6.04 Å². The van der Waals surface area contributed by atoms with Gasteiger partial charge in [0.2, 0.25) is 6.33 Å². The Kier molecular flexibility index (Phi) is 15.4. The first-order valence-corrected chi connectivity index (χ1v) is 11.5. The van der Waals surface area contributed by atoms with Gasteiger partial charge in [-0.15, -0.1) is 6.58 Å². The van der Waals surface area contributed by atoms with E-state index in [1.54, 1.807) is 0 Å². The first-order chi connectivity index (χ1) is 12.9. The number of aromatic amines is 1. The number of rotatable bonds is 19. The molecular formula is C24H45N2+. The van der Waals surface area contributed by atoms with Gasteiger partial charge in [0.05, 0.1) is 0 Å². The lowest BCUT2D eigenvalue weighted by Crippen LogP contribution is -2.37. The third kappa shape index (κ3) is 12.3. The van der Waals surface area contributed by atoms with E-state index in [9.17, 15) is 0 Å². The van der Waals surface area contributed by atoms with Gasteiger partial charge in [0.15, 0.2) is 0 Å². The second-order valence-corrected chi connectivity index (χ2v) is 7.96. The Hall–Kier alpha value is -1.05. The number of nitrogens with one attached hydrogen (secondary N) is 1. The Morgan fingerprint density at radius 2 is 1.35 bits per heavy atom. The van der Waals surface area contributed by atoms with Crippen molar-refractivity contribution in [2.24, 2.45) is 0 Å². The summed E-state index contributed by atoms with van der Waals surface area (Å²) in [6.07, 6.45) is 32.0. The summed E-state index contributed by atoms with van der Waals surface area (Å²) in [4.78, 5) is 3.19. The van der Waals surface area contributed by atoms with Crippen LogP contribution in [-0.2, 0) is 0 Å². The Morgan fingerprint density at radius 3 is 1.85 bits per heavy atom. The van der Waals surface area contributed by atoms with Crippen LogP contribution in [-0.4, -0.2) is 4.98 Å². The van der Waals surface area contributed by atoms with Crippen LogP contribution in [0.5, 0.6) is 0 Å². The van der Waals surface area contributed by atoms with E-state index in [1.807, 2.05) is 12.3 Å². The third-order valence-electron chi connectivity index (χ3n) is 5.57. The van der Waals surface area contributed by atoms with Gasteiger partial charge < -0.3 is 0 Å². The fourth-order valence-corrected chi connectivity index (χ4v) is 3.87. The van der Waals surface area contributed by atoms with Crippen molar-refractivity contribution in [2.45, 2.75) is 122 Å². The van der Waals surface area contributed by atoms with E-state index in [2.05, 4.69) is 35.6 Å². The highest BCUT2D eigenvalue weighted by atomic mass is 15.0. The predicted molar refractivity (Wildman–Crippen MR) is 114 cm³/mol. The standard InChI is InChI=1S/C24H44N2/c1-3-5-7-8-9-10-11-12-13-14-15-16-18-20-24(19-17-6-4-2)26-22-21-25-23-26/h4,21-24H,2-3,5-20H2,1H3/p+1. The zero-order valence-corrected chi connectivity index (χ0v) is 17.6. The molecule has 1 atom stereocenters. The monoisotopic (exact) mass is 361 g/mol. The molecule has 1 aromatic heterocycles. The molecule has 0 aliphatic rings. The fraction of sp³-hybridized carbons (Fsp3) is 0.792. The molecule has 1 unspecified atom stereocenters. The van der Waals surface area contributed by atoms with Crippen LogP contribution in [0.2, 0.25) is 0 Å². The zero-order valence-electron chi connectivity index (χ0n) is 17.6. The number of nitrogens with zero attached hydrogens (tertiary/aromatic N) is 1. The Labute approximate surface area is 163 Å². The zero-order chi connectivity index (χ0) is 18.7. The number of H-pyrrole nitrogens is 1. The largest absolute Gasteiger partial charge is 0.250 e. The van der Waals surface area contributed by atoms with Gasteiger partial charge in [0, 0.05) is 0 Å². The number of unbranched alkanes of at least 4 members (excludes halogenated alkanes) is 13. The maximum atomic E-state index is 3.85. The van der Waals surface area contributed by atoms with Crippen molar-refractivity contribution in [3.05, 3.63) is 31.4 Å². The topological polar surface area (TPSA) is 19.7 Å². The number of allylic oxidation sites excluding steroid dienone is 1. The van der Waals surface area contributed by atoms with Crippen molar-refractivity contribution in [2.75, 3.05) is 0 Å². The quantitative estimate of drug-likeness (QED) is 0.148. The second-order valence-electron chi connectivity index (χ2n) is 7.96. The van der Waals surface area contributed by atoms with Crippen LogP contribution in [0.25, 0.3) is 0 Å². The van der Waals surface area contributed by atoms with E-state index >= 15 is 0 Å². The normalized spacial score (nSPS) is 12.3. The van der Waals surface area contributed by atoms with Crippen LogP contribution >= 0.6 is 0 Å². The molecule has 0 aliphatic heterocycles. The van der Waals surface area contributed by atoms with E-state index in [0.717, 1.165) is 6.42 Å². The summed E-state index contributed by atoms with van der Waals surface area (Å²) in [7, 11) is 0. The lowest BCUT2D eigenvalue weighted by Gasteiger charge is -2.13. The summed E-state index contributed by atoms with van der Waals surface area (Å²) in [6, 6.07) is 0.661. The van der Waals surface area contributed by atoms with Crippen LogP contribution in [0.15, 0.2) is 31.4 Å². The fourth-order valence-electron chi connectivity index (χ4n) is 3.87. The summed E-state index contributed by atoms with van der Waals surface area (Å²) in [5, 5.41) is 0. The van der Waals surface area contributed by atoms with Gasteiger partial charge >= 0.3 is 0 Å². The second kappa shape index (κ2) is 17.4. The SMILES string of the molecule is C=CCCCC(CCCCCCCCCCCCCCC)[n+]1cc[nH]c1. The molecule has 1 aromatic rings. The molecule has 2 heteroatoms. The molecule has 1 N–H and O–H groups in total. The highest BCUT2D eigenvalue weighted by molar-refractivity contribution is 4.67. The Morgan fingerprint density at radius 1 is 0.808 bits per heavy atom. The van der Waals surface area contributed by atoms with E-state index in [4.69, 9.17) is 0 Å². The highest BCUT2D eigenvalue weighted by Gasteiger charge is 2.14. The number of imidazole rings is 1. The van der Waals surface area contributed by atoms with Gasteiger partial charge in [-0.3, -0.25) is 4.98 Å². The van der Waals surface area contributed by atoms with Crippen LogP contribution in [0.3, 0.4) is 0 Å². The van der Waals surface area contributed by atoms with E-state index in [1.165, 1.54) is 103 Å². The van der Waals surface area contributed by atoms with E-state index < -0.39 is 0 Å². The molecule has 0 aromatic carbocycles. The number of hydrogen-bond acceptors (Lipinski definition) is 0. The maximum Gasteiger partial charge on any atom is 0.241 e. The summed E-state index contributed by atoms with van der Waals surface area (Å²) in [6.45, 7) is 6.14. The molecule has 0 amide bonds. The van der Waals surface area contributed by atoms with Gasteiger partial charge in [-0.2, -0.15) is 0 Å². The summed E-state index contributed by atoms with van der Waals surface area (Å²) in [5.41, 5.74) is 0. The first-order valence-electron chi connectivity index (χ1n) is 11.5. The van der Waals surface area contributed by atoms with Gasteiger partial charge in [-0.1, -0.05) is 90.0 Å². The molecule has 1 heterocycles. The van der Waals surface area contributed by atoms with Crippen molar-refractivity contribution >= 4 is 0 Å². The molecule has 0 fully saturated rings. The molecule has 0 aliphatic carbocycles. The predicted octanol–water partition coefficient (Wildman–Crippen LogP) is 7.68. The summed E-state index contributed by atoms with van der Waals surface area (Å²) >= 11 is 0. The lowest BCUT2D eigenvalue weighted by molar-refractivity contribution is -0.723. The number of aromatic nitrogens is 2. The third-order valence-corrected chi connectivity index (χ3v) is 5.57. The van der Waals surface area contributed by atoms with Crippen molar-refractivity contribution in [3.8, 4) is 0 Å². The first kappa shape index (κ1) is 23.0. The minimum atomic E-state index is 0.661. The Bertz CT molecular complexity index is 396. The maximum absolute atomic E-state index is 3.85. The minimum absolute atomic E-state index is 0.661. The molecule has 0 radical (unpaired) electrons. The highest BCUT2D eigenvalue weighted by Crippen LogP contribution is 2.18. The van der Waals surface area contributed by atoms with Crippen LogP contribution < -0.4 is 4.57 Å². The van der Waals surface area contributed by atoms with Crippen molar-refractivity contribution in [1.82, 2.24) is 4.98 Å². The van der Waals surface area contributed by atoms with E-state index in [-0.39, 0.29) is 0 Å². The Balaban J connectivity index is 1.95. The smallest absolute Gasteiger partial charge is 0.241 e. The average molecular weight is 362 g/mol. The van der Waals surface area contributed by atoms with Gasteiger partial charge in [0.25, 0.3) is 0 Å². The van der Waals surface area contributed by atoms with Gasteiger partial charge in [-0.25, -0.2) is 4.57 Å². The van der Waals surface area contributed by atoms with Gasteiger partial charge in [-0.05, 0) is 32.1 Å². The molecule has 26 heavy (non-hydrogen) atoms. The van der Waals surface area contributed by atoms with Crippen LogP contribution in [0.4, 0.5) is 0 Å². The molecule has 0 saturated heterocycles. The molecule has 0 saturated carbocycles. The van der Waals surface area contributed by atoms with Gasteiger partial charge in [0.1, 0.15) is 18.4 Å². The summed E-state index contributed by atoms with van der Waals surface area (Å²) < 4.78 is 2.36.